The molecule has 21 heavy (non-hydrogen) atoms. The second-order valence-corrected chi connectivity index (χ2v) is 5.24. The second kappa shape index (κ2) is 6.57. The van der Waals surface area contributed by atoms with Gasteiger partial charge in [-0.1, -0.05) is 48.5 Å². The Bertz CT molecular complexity index is 691. The minimum Gasteiger partial charge on any atom is -0.464 e. The molecule has 1 aromatic heterocycles. The van der Waals surface area contributed by atoms with E-state index in [2.05, 4.69) is 35.2 Å². The maximum absolute atomic E-state index is 5.76. The van der Waals surface area contributed by atoms with Crippen molar-refractivity contribution in [1.82, 2.24) is 4.90 Å². The minimum absolute atomic E-state index is 0.655. The molecule has 0 atom stereocenters. The number of hydrogen-bond acceptors (Lipinski definition) is 3. The SMILES string of the molecule is NCCN(Cc1ccccc1)Cc1coc2ccccc12. The van der Waals surface area contributed by atoms with Crippen LogP contribution in [-0.2, 0) is 13.1 Å². The van der Waals surface area contributed by atoms with E-state index < -0.39 is 0 Å². The summed E-state index contributed by atoms with van der Waals surface area (Å²) in [7, 11) is 0. The van der Waals surface area contributed by atoms with Gasteiger partial charge in [0.15, 0.2) is 0 Å². The minimum atomic E-state index is 0.655. The Labute approximate surface area is 125 Å². The van der Waals surface area contributed by atoms with E-state index in [1.165, 1.54) is 16.5 Å². The van der Waals surface area contributed by atoms with Crippen LogP contribution in [0.2, 0.25) is 0 Å². The van der Waals surface area contributed by atoms with Gasteiger partial charge in [0.1, 0.15) is 5.58 Å². The van der Waals surface area contributed by atoms with E-state index in [1.807, 2.05) is 30.5 Å². The summed E-state index contributed by atoms with van der Waals surface area (Å²) in [6, 6.07) is 18.6. The molecule has 2 N–H and O–H groups in total. The molecule has 2 aromatic carbocycles. The lowest BCUT2D eigenvalue weighted by atomic mass is 10.1. The van der Waals surface area contributed by atoms with Crippen molar-refractivity contribution in [2.75, 3.05) is 13.1 Å². The fourth-order valence-corrected chi connectivity index (χ4v) is 2.63. The molecule has 108 valence electrons. The maximum Gasteiger partial charge on any atom is 0.134 e. The molecule has 3 nitrogen and oxygen atoms in total. The normalized spacial score (nSPS) is 11.3. The van der Waals surface area contributed by atoms with Gasteiger partial charge in [-0.3, -0.25) is 4.90 Å². The van der Waals surface area contributed by atoms with E-state index >= 15 is 0 Å². The summed E-state index contributed by atoms with van der Waals surface area (Å²) >= 11 is 0. The van der Waals surface area contributed by atoms with Crippen molar-refractivity contribution in [2.24, 2.45) is 5.73 Å². The molecule has 0 aliphatic heterocycles. The van der Waals surface area contributed by atoms with Crippen LogP contribution in [0, 0.1) is 0 Å². The number of para-hydroxylation sites is 1. The number of furan rings is 1. The average molecular weight is 280 g/mol. The number of nitrogens with two attached hydrogens (primary N) is 1. The summed E-state index contributed by atoms with van der Waals surface area (Å²) in [6.45, 7) is 3.28. The first-order chi connectivity index (χ1) is 10.4. The van der Waals surface area contributed by atoms with Crippen LogP contribution in [0.25, 0.3) is 11.0 Å². The van der Waals surface area contributed by atoms with Gasteiger partial charge in [-0.05, 0) is 11.6 Å². The average Bonchev–Trinajstić information content (AvgIpc) is 2.92. The molecule has 0 spiro atoms. The lowest BCUT2D eigenvalue weighted by Gasteiger charge is -2.21. The van der Waals surface area contributed by atoms with Crippen molar-refractivity contribution in [3.63, 3.8) is 0 Å². The Kier molecular flexibility index (Phi) is 4.34. The fourth-order valence-electron chi connectivity index (χ4n) is 2.63. The number of rotatable bonds is 6. The monoisotopic (exact) mass is 280 g/mol. The molecule has 0 saturated heterocycles. The number of hydrogen-bond donors (Lipinski definition) is 1. The van der Waals surface area contributed by atoms with Gasteiger partial charge < -0.3 is 10.2 Å². The largest absolute Gasteiger partial charge is 0.464 e. The zero-order valence-electron chi connectivity index (χ0n) is 12.0. The highest BCUT2D eigenvalue weighted by Gasteiger charge is 2.11. The molecule has 3 rings (SSSR count). The Morgan fingerprint density at radius 2 is 1.67 bits per heavy atom. The fraction of sp³-hybridized carbons (Fsp3) is 0.222. The number of benzene rings is 2. The lowest BCUT2D eigenvalue weighted by Crippen LogP contribution is -2.28. The molecule has 0 aliphatic carbocycles. The standard InChI is InChI=1S/C18H20N2O/c19-10-11-20(12-15-6-2-1-3-7-15)13-16-14-21-18-9-5-4-8-17(16)18/h1-9,14H,10-13,19H2. The first-order valence-electron chi connectivity index (χ1n) is 7.28. The van der Waals surface area contributed by atoms with Crippen LogP contribution in [-0.4, -0.2) is 18.0 Å². The maximum atomic E-state index is 5.76. The topological polar surface area (TPSA) is 42.4 Å². The summed E-state index contributed by atoms with van der Waals surface area (Å²) < 4.78 is 5.62. The van der Waals surface area contributed by atoms with Crippen LogP contribution >= 0.6 is 0 Å². The third-order valence-electron chi connectivity index (χ3n) is 3.65. The van der Waals surface area contributed by atoms with Gasteiger partial charge in [0.25, 0.3) is 0 Å². The van der Waals surface area contributed by atoms with E-state index in [1.54, 1.807) is 0 Å². The highest BCUT2D eigenvalue weighted by molar-refractivity contribution is 5.80. The summed E-state index contributed by atoms with van der Waals surface area (Å²) in [5, 5.41) is 1.19. The molecule has 0 amide bonds. The third-order valence-corrected chi connectivity index (χ3v) is 3.65. The molecule has 0 fully saturated rings. The van der Waals surface area contributed by atoms with Gasteiger partial charge >= 0.3 is 0 Å². The van der Waals surface area contributed by atoms with Crippen LogP contribution in [0.5, 0.6) is 0 Å². The third kappa shape index (κ3) is 3.32. The van der Waals surface area contributed by atoms with E-state index in [-0.39, 0.29) is 0 Å². The van der Waals surface area contributed by atoms with Crippen molar-refractivity contribution in [3.05, 3.63) is 72.0 Å². The second-order valence-electron chi connectivity index (χ2n) is 5.24. The molecule has 3 heteroatoms. The molecule has 0 radical (unpaired) electrons. The van der Waals surface area contributed by atoms with E-state index in [4.69, 9.17) is 10.2 Å². The molecule has 0 saturated carbocycles. The first-order valence-corrected chi connectivity index (χ1v) is 7.28. The summed E-state index contributed by atoms with van der Waals surface area (Å²) in [4.78, 5) is 2.35. The van der Waals surface area contributed by atoms with E-state index in [0.717, 1.165) is 25.2 Å². The summed E-state index contributed by atoms with van der Waals surface area (Å²) in [5.74, 6) is 0. The Hall–Kier alpha value is -2.10. The lowest BCUT2D eigenvalue weighted by molar-refractivity contribution is 0.264. The first kappa shape index (κ1) is 13.9. The molecule has 0 bridgehead atoms. The highest BCUT2D eigenvalue weighted by Crippen LogP contribution is 2.22. The van der Waals surface area contributed by atoms with Crippen molar-refractivity contribution in [1.29, 1.82) is 0 Å². The van der Waals surface area contributed by atoms with Crippen molar-refractivity contribution < 1.29 is 4.42 Å². The van der Waals surface area contributed by atoms with Crippen LogP contribution in [0.3, 0.4) is 0 Å². The van der Waals surface area contributed by atoms with Gasteiger partial charge in [0.05, 0.1) is 6.26 Å². The van der Waals surface area contributed by atoms with Crippen LogP contribution in [0.4, 0.5) is 0 Å². The van der Waals surface area contributed by atoms with Gasteiger partial charge in [0, 0.05) is 37.1 Å². The van der Waals surface area contributed by atoms with Gasteiger partial charge in [-0.15, -0.1) is 0 Å². The van der Waals surface area contributed by atoms with Crippen molar-refractivity contribution >= 4 is 11.0 Å². The van der Waals surface area contributed by atoms with Gasteiger partial charge in [-0.25, -0.2) is 0 Å². The Morgan fingerprint density at radius 1 is 0.905 bits per heavy atom. The summed E-state index contributed by atoms with van der Waals surface area (Å²) in [6.07, 6.45) is 1.86. The van der Waals surface area contributed by atoms with E-state index in [9.17, 15) is 0 Å². The highest BCUT2D eigenvalue weighted by atomic mass is 16.3. The zero-order chi connectivity index (χ0) is 14.5. The number of nitrogens with zero attached hydrogens (tertiary/aromatic N) is 1. The molecular formula is C18H20N2O. The molecular weight excluding hydrogens is 260 g/mol. The smallest absolute Gasteiger partial charge is 0.134 e. The molecule has 0 unspecified atom stereocenters. The van der Waals surface area contributed by atoms with Gasteiger partial charge in [-0.2, -0.15) is 0 Å². The van der Waals surface area contributed by atoms with Crippen LogP contribution in [0.15, 0.2) is 65.3 Å². The predicted octanol–water partition coefficient (Wildman–Crippen LogP) is 3.39. The Balaban J connectivity index is 1.78. The molecule has 0 aliphatic rings. The molecule has 1 heterocycles. The van der Waals surface area contributed by atoms with Crippen LogP contribution in [0.1, 0.15) is 11.1 Å². The van der Waals surface area contributed by atoms with Crippen LogP contribution < -0.4 is 5.73 Å². The molecule has 3 aromatic rings. The zero-order valence-corrected chi connectivity index (χ0v) is 12.0. The predicted molar refractivity (Wildman–Crippen MR) is 85.8 cm³/mol. The quantitative estimate of drug-likeness (QED) is 0.752. The summed E-state index contributed by atoms with van der Waals surface area (Å²) in [5.41, 5.74) is 9.23. The van der Waals surface area contributed by atoms with Crippen molar-refractivity contribution in [2.45, 2.75) is 13.1 Å². The number of fused-ring (bicyclic) bond motifs is 1. The Morgan fingerprint density at radius 3 is 2.48 bits per heavy atom. The van der Waals surface area contributed by atoms with Crippen molar-refractivity contribution in [3.8, 4) is 0 Å². The van der Waals surface area contributed by atoms with E-state index in [0.29, 0.717) is 6.54 Å². The van der Waals surface area contributed by atoms with Gasteiger partial charge in [0.2, 0.25) is 0 Å².